The van der Waals surface area contributed by atoms with Gasteiger partial charge in [-0.3, -0.25) is 0 Å². The molecule has 9 aromatic rings. The normalized spacial score (nSPS) is 15.1. The molecule has 0 amide bonds. The lowest BCUT2D eigenvalue weighted by Gasteiger charge is -2.33. The number of aliphatic imine (C=N–C) groups is 2. The smallest absolute Gasteiger partial charge is 0.152 e. The summed E-state index contributed by atoms with van der Waals surface area (Å²) in [5.41, 5.74) is 16.0. The summed E-state index contributed by atoms with van der Waals surface area (Å²) in [5.74, 6) is 0.798. The van der Waals surface area contributed by atoms with Gasteiger partial charge in [0.2, 0.25) is 0 Å². The molecule has 2 aliphatic heterocycles. The van der Waals surface area contributed by atoms with Crippen LogP contribution in [0.25, 0.3) is 55.4 Å². The third-order valence-electron chi connectivity index (χ3n) is 11.8. The van der Waals surface area contributed by atoms with Crippen molar-refractivity contribution in [2.24, 2.45) is 9.98 Å². The number of hydrogen-bond donors (Lipinski definition) is 0. The average Bonchev–Trinajstić information content (AvgIpc) is 3.40. The maximum absolute atomic E-state index is 5.52. The van der Waals surface area contributed by atoms with Gasteiger partial charge in [0.05, 0.1) is 28.5 Å². The summed E-state index contributed by atoms with van der Waals surface area (Å²) in [6.07, 6.45) is 3.65. The van der Waals surface area contributed by atoms with Crippen molar-refractivity contribution in [1.29, 1.82) is 0 Å². The molecule has 11 rings (SSSR count). The van der Waals surface area contributed by atoms with Gasteiger partial charge in [0.1, 0.15) is 0 Å². The van der Waals surface area contributed by atoms with Crippen LogP contribution in [0.15, 0.2) is 222 Å². The minimum absolute atomic E-state index is 0.199. The van der Waals surface area contributed by atoms with Crippen molar-refractivity contribution in [2.75, 3.05) is 4.90 Å². The number of para-hydroxylation sites is 3. The number of allylic oxidation sites excluding steroid dienone is 1. The van der Waals surface area contributed by atoms with E-state index in [0.717, 1.165) is 51.9 Å². The van der Waals surface area contributed by atoms with Crippen molar-refractivity contribution >= 4 is 50.4 Å². The summed E-state index contributed by atoms with van der Waals surface area (Å²) in [4.78, 5) is 13.5. The Morgan fingerprint density at radius 2 is 1.05 bits per heavy atom. The van der Waals surface area contributed by atoms with Crippen LogP contribution < -0.4 is 4.90 Å². The van der Waals surface area contributed by atoms with Gasteiger partial charge in [-0.2, -0.15) is 0 Å². The lowest BCUT2D eigenvalue weighted by molar-refractivity contribution is 0.811. The molecule has 0 spiro atoms. The number of aromatic nitrogens is 1. The number of nitrogens with zero attached hydrogens (tertiary/aromatic N) is 4. The van der Waals surface area contributed by atoms with Crippen LogP contribution in [0.2, 0.25) is 0 Å². The highest BCUT2D eigenvalue weighted by molar-refractivity contribution is 6.14. The Morgan fingerprint density at radius 1 is 0.441 bits per heavy atom. The standard InChI is InChI=1S/C55H40N4/c1-5-17-38(18-6-1)49-31-32-50(39-19-7-2-8-20-39)57-55(56-49)54-37-42-21-13-14-26-45(42)47-35-40(29-33-52(47)59(54)44-24-11-4-12-25-44)41-30-34-53-48(36-41)46-27-15-16-28-51(46)58(53)43-22-9-3-10-23-43/h1-31,33-36,54H,32,37H2. The fraction of sp³-hybridized carbons (Fsp3) is 0.0545. The van der Waals surface area contributed by atoms with Crippen LogP contribution in [-0.4, -0.2) is 22.2 Å². The van der Waals surface area contributed by atoms with E-state index in [1.165, 1.54) is 49.6 Å². The van der Waals surface area contributed by atoms with E-state index in [1.54, 1.807) is 0 Å². The Kier molecular flexibility index (Phi) is 8.66. The fourth-order valence-electron chi connectivity index (χ4n) is 9.02. The lowest BCUT2D eigenvalue weighted by atomic mass is 9.93. The van der Waals surface area contributed by atoms with E-state index in [2.05, 4.69) is 222 Å². The highest BCUT2D eigenvalue weighted by atomic mass is 15.2. The zero-order valence-corrected chi connectivity index (χ0v) is 32.5. The van der Waals surface area contributed by atoms with E-state index in [9.17, 15) is 0 Å². The van der Waals surface area contributed by atoms with Crippen LogP contribution in [-0.2, 0) is 6.42 Å². The van der Waals surface area contributed by atoms with Crippen LogP contribution in [0, 0.1) is 0 Å². The molecule has 59 heavy (non-hydrogen) atoms. The maximum Gasteiger partial charge on any atom is 0.152 e. The molecule has 4 nitrogen and oxygen atoms in total. The van der Waals surface area contributed by atoms with Crippen molar-refractivity contribution in [2.45, 2.75) is 18.9 Å². The first-order valence-corrected chi connectivity index (χ1v) is 20.4. The van der Waals surface area contributed by atoms with Crippen LogP contribution in [0.3, 0.4) is 0 Å². The molecule has 4 heteroatoms. The third-order valence-corrected chi connectivity index (χ3v) is 11.8. The van der Waals surface area contributed by atoms with Gasteiger partial charge in [0, 0.05) is 46.2 Å². The average molecular weight is 757 g/mol. The molecular formula is C55H40N4. The molecule has 3 heterocycles. The summed E-state index contributed by atoms with van der Waals surface area (Å²) < 4.78 is 2.37. The predicted molar refractivity (Wildman–Crippen MR) is 247 cm³/mol. The monoisotopic (exact) mass is 756 g/mol. The zero-order chi connectivity index (χ0) is 39.1. The first-order valence-electron chi connectivity index (χ1n) is 20.4. The molecular weight excluding hydrogens is 717 g/mol. The fourth-order valence-corrected chi connectivity index (χ4v) is 9.02. The summed E-state index contributed by atoms with van der Waals surface area (Å²) in [6.45, 7) is 0. The molecule has 2 aliphatic rings. The Morgan fingerprint density at radius 3 is 1.83 bits per heavy atom. The summed E-state index contributed by atoms with van der Waals surface area (Å²) >= 11 is 0. The quantitative estimate of drug-likeness (QED) is 0.166. The number of fused-ring (bicyclic) bond motifs is 6. The molecule has 0 fully saturated rings. The molecule has 0 N–H and O–H groups in total. The van der Waals surface area contributed by atoms with E-state index in [4.69, 9.17) is 9.98 Å². The summed E-state index contributed by atoms with van der Waals surface area (Å²) in [5, 5.41) is 2.49. The van der Waals surface area contributed by atoms with Crippen LogP contribution in [0.4, 0.5) is 11.4 Å². The molecule has 1 atom stereocenters. The molecule has 0 aliphatic carbocycles. The van der Waals surface area contributed by atoms with Crippen molar-refractivity contribution in [3.05, 3.63) is 229 Å². The Hall–Kier alpha value is -7.56. The molecule has 0 bridgehead atoms. The molecule has 1 unspecified atom stereocenters. The van der Waals surface area contributed by atoms with Crippen molar-refractivity contribution in [1.82, 2.24) is 4.57 Å². The van der Waals surface area contributed by atoms with Gasteiger partial charge in [0.15, 0.2) is 5.84 Å². The number of hydrogen-bond acceptors (Lipinski definition) is 3. The zero-order valence-electron chi connectivity index (χ0n) is 32.5. The van der Waals surface area contributed by atoms with Crippen LogP contribution in [0.1, 0.15) is 23.1 Å². The van der Waals surface area contributed by atoms with Gasteiger partial charge in [-0.05, 0) is 88.0 Å². The van der Waals surface area contributed by atoms with Gasteiger partial charge in [0.25, 0.3) is 0 Å². The van der Waals surface area contributed by atoms with Crippen molar-refractivity contribution in [3.63, 3.8) is 0 Å². The van der Waals surface area contributed by atoms with E-state index < -0.39 is 0 Å². The molecule has 1 aromatic heterocycles. The first kappa shape index (κ1) is 34.7. The number of rotatable bonds is 6. The molecule has 0 saturated heterocycles. The van der Waals surface area contributed by atoms with Crippen molar-refractivity contribution < 1.29 is 0 Å². The second-order valence-electron chi connectivity index (χ2n) is 15.3. The number of anilines is 2. The maximum atomic E-state index is 5.52. The van der Waals surface area contributed by atoms with E-state index in [1.807, 2.05) is 0 Å². The highest BCUT2D eigenvalue weighted by Crippen LogP contribution is 2.45. The second kappa shape index (κ2) is 14.7. The minimum Gasteiger partial charge on any atom is -0.330 e. The predicted octanol–water partition coefficient (Wildman–Crippen LogP) is 13.5. The van der Waals surface area contributed by atoms with E-state index in [0.29, 0.717) is 6.42 Å². The largest absolute Gasteiger partial charge is 0.330 e. The molecule has 8 aromatic carbocycles. The van der Waals surface area contributed by atoms with Crippen LogP contribution >= 0.6 is 0 Å². The highest BCUT2D eigenvalue weighted by Gasteiger charge is 2.33. The van der Waals surface area contributed by atoms with E-state index in [-0.39, 0.29) is 6.04 Å². The Bertz CT molecular complexity index is 3090. The van der Waals surface area contributed by atoms with Gasteiger partial charge in [-0.25, -0.2) is 9.98 Å². The molecule has 0 saturated carbocycles. The second-order valence-corrected chi connectivity index (χ2v) is 15.3. The Balaban J connectivity index is 1.10. The minimum atomic E-state index is -0.199. The SMILES string of the molecule is C1=C(c2ccccc2)N=C(C2Cc3ccccc3-c3cc(-c4ccc5c(c4)c4ccccc4n5-c4ccccc4)ccc3N2c2ccccc2)N=C(c2ccccc2)C1. The lowest BCUT2D eigenvalue weighted by Crippen LogP contribution is -2.39. The number of amidine groups is 1. The third kappa shape index (κ3) is 6.27. The van der Waals surface area contributed by atoms with Gasteiger partial charge in [-0.1, -0.05) is 158 Å². The topological polar surface area (TPSA) is 32.9 Å². The summed E-state index contributed by atoms with van der Waals surface area (Å²) in [7, 11) is 0. The van der Waals surface area contributed by atoms with Crippen LogP contribution in [0.5, 0.6) is 0 Å². The van der Waals surface area contributed by atoms with Gasteiger partial charge >= 0.3 is 0 Å². The van der Waals surface area contributed by atoms with E-state index >= 15 is 0 Å². The summed E-state index contributed by atoms with van der Waals surface area (Å²) in [6, 6.07) is 73.9. The van der Waals surface area contributed by atoms with Gasteiger partial charge < -0.3 is 9.47 Å². The molecule has 0 radical (unpaired) electrons. The Labute approximate surface area is 344 Å². The number of benzene rings is 8. The van der Waals surface area contributed by atoms with Gasteiger partial charge in [-0.15, -0.1) is 0 Å². The first-order chi connectivity index (χ1) is 29.3. The van der Waals surface area contributed by atoms with Crippen molar-refractivity contribution in [3.8, 4) is 27.9 Å². The molecule has 280 valence electrons.